The van der Waals surface area contributed by atoms with E-state index in [0.717, 1.165) is 0 Å². The van der Waals surface area contributed by atoms with Crippen molar-refractivity contribution >= 4 is 10.1 Å². The Morgan fingerprint density at radius 2 is 2.27 bits per heavy atom. The molecule has 11 heavy (non-hydrogen) atoms. The van der Waals surface area contributed by atoms with Gasteiger partial charge in [0.1, 0.15) is 12.1 Å². The summed E-state index contributed by atoms with van der Waals surface area (Å²) in [4.78, 5) is 7.20. The summed E-state index contributed by atoms with van der Waals surface area (Å²) >= 11 is 0. The molecule has 0 aliphatic carbocycles. The van der Waals surface area contributed by atoms with Gasteiger partial charge in [-0.3, -0.25) is 4.55 Å². The van der Waals surface area contributed by atoms with Crippen molar-refractivity contribution < 1.29 is 13.0 Å². The summed E-state index contributed by atoms with van der Waals surface area (Å²) in [5.41, 5.74) is 0.280. The van der Waals surface area contributed by atoms with E-state index in [1.165, 1.54) is 18.6 Å². The van der Waals surface area contributed by atoms with Gasteiger partial charge in [-0.1, -0.05) is 0 Å². The van der Waals surface area contributed by atoms with Gasteiger partial charge in [-0.2, -0.15) is 8.42 Å². The summed E-state index contributed by atoms with van der Waals surface area (Å²) in [5, 5.41) is 0. The number of hydrogen-bond acceptors (Lipinski definition) is 4. The lowest BCUT2D eigenvalue weighted by molar-refractivity contribution is 0.481. The van der Waals surface area contributed by atoms with Crippen molar-refractivity contribution in [3.8, 4) is 0 Å². The first-order valence-corrected chi connectivity index (χ1v) is 4.39. The third-order valence-corrected chi connectivity index (χ3v) is 1.63. The fraction of sp³-hybridized carbons (Fsp3) is 0.200. The van der Waals surface area contributed by atoms with Crippen molar-refractivity contribution in [1.82, 2.24) is 9.97 Å². The zero-order chi connectivity index (χ0) is 8.32. The Balaban J connectivity index is 2.82. The third-order valence-electron chi connectivity index (χ3n) is 0.973. The predicted molar refractivity (Wildman–Crippen MR) is 37.3 cm³/mol. The van der Waals surface area contributed by atoms with Crippen LogP contribution < -0.4 is 0 Å². The lowest BCUT2D eigenvalue weighted by Gasteiger charge is -1.93. The molecule has 5 nitrogen and oxygen atoms in total. The summed E-state index contributed by atoms with van der Waals surface area (Å²) in [5.74, 6) is -0.463. The molecule has 60 valence electrons. The predicted octanol–water partition coefficient (Wildman–Crippen LogP) is -0.136. The Labute approximate surface area is 63.9 Å². The highest BCUT2D eigenvalue weighted by atomic mass is 32.2. The first-order valence-electron chi connectivity index (χ1n) is 2.78. The lowest BCUT2D eigenvalue weighted by Crippen LogP contribution is -2.03. The first kappa shape index (κ1) is 8.09. The van der Waals surface area contributed by atoms with Crippen LogP contribution in [0.1, 0.15) is 5.69 Å². The Morgan fingerprint density at radius 1 is 1.55 bits per heavy atom. The zero-order valence-corrected chi connectivity index (χ0v) is 6.32. The quantitative estimate of drug-likeness (QED) is 0.631. The maximum Gasteiger partial charge on any atom is 0.270 e. The molecule has 1 rings (SSSR count). The second kappa shape index (κ2) is 2.93. The van der Waals surface area contributed by atoms with Crippen molar-refractivity contribution in [1.29, 1.82) is 0 Å². The van der Waals surface area contributed by atoms with Crippen LogP contribution in [0.2, 0.25) is 0 Å². The van der Waals surface area contributed by atoms with Gasteiger partial charge in [0, 0.05) is 6.20 Å². The molecule has 1 aromatic heterocycles. The fourth-order valence-electron chi connectivity index (χ4n) is 0.590. The van der Waals surface area contributed by atoms with Gasteiger partial charge >= 0.3 is 0 Å². The molecule has 6 heteroatoms. The number of hydrogen-bond donors (Lipinski definition) is 1. The molecule has 0 aromatic carbocycles. The van der Waals surface area contributed by atoms with Gasteiger partial charge < -0.3 is 0 Å². The second-order valence-electron chi connectivity index (χ2n) is 1.93. The average molecular weight is 174 g/mol. The number of aromatic nitrogens is 2. The summed E-state index contributed by atoms with van der Waals surface area (Å²) in [6.45, 7) is 0. The van der Waals surface area contributed by atoms with Gasteiger partial charge in [-0.05, 0) is 6.07 Å². The largest absolute Gasteiger partial charge is 0.285 e. The monoisotopic (exact) mass is 174 g/mol. The Bertz CT molecular complexity index is 321. The fourth-order valence-corrected chi connectivity index (χ4v) is 1.13. The van der Waals surface area contributed by atoms with E-state index in [4.69, 9.17) is 4.55 Å². The molecular formula is C5H6N2O3S. The lowest BCUT2D eigenvalue weighted by atomic mass is 10.5. The molecule has 0 spiro atoms. The summed E-state index contributed by atoms with van der Waals surface area (Å²) < 4.78 is 29.0. The molecule has 0 bridgehead atoms. The number of rotatable bonds is 2. The van der Waals surface area contributed by atoms with Crippen LogP contribution in [0.15, 0.2) is 18.6 Å². The molecule has 0 radical (unpaired) electrons. The van der Waals surface area contributed by atoms with Crippen LogP contribution >= 0.6 is 0 Å². The SMILES string of the molecule is O=S(=O)(O)Cc1ccncn1. The van der Waals surface area contributed by atoms with Gasteiger partial charge in [0.15, 0.2) is 0 Å². The Kier molecular flexibility index (Phi) is 2.16. The average Bonchev–Trinajstić information content (AvgIpc) is 1.85. The molecule has 0 saturated heterocycles. The van der Waals surface area contributed by atoms with Crippen molar-refractivity contribution in [2.45, 2.75) is 5.75 Å². The van der Waals surface area contributed by atoms with Gasteiger partial charge in [0.25, 0.3) is 10.1 Å². The minimum Gasteiger partial charge on any atom is -0.285 e. The van der Waals surface area contributed by atoms with Crippen LogP contribution in [0.25, 0.3) is 0 Å². The maximum atomic E-state index is 10.3. The standard InChI is InChI=1S/C5H6N2O3S/c8-11(9,10)3-5-1-2-6-4-7-5/h1-2,4H,3H2,(H,8,9,10). The summed E-state index contributed by atoms with van der Waals surface area (Å²) in [7, 11) is -3.97. The summed E-state index contributed by atoms with van der Waals surface area (Å²) in [6.07, 6.45) is 2.63. The molecule has 0 aliphatic heterocycles. The van der Waals surface area contributed by atoms with E-state index in [0.29, 0.717) is 0 Å². The molecule has 1 N–H and O–H groups in total. The molecule has 0 atom stereocenters. The molecule has 0 aliphatic rings. The number of nitrogens with zero attached hydrogens (tertiary/aromatic N) is 2. The second-order valence-corrected chi connectivity index (χ2v) is 3.38. The molecule has 1 aromatic rings. The normalized spacial score (nSPS) is 11.4. The molecular weight excluding hydrogens is 168 g/mol. The molecule has 0 saturated carbocycles. The van der Waals surface area contributed by atoms with E-state index in [-0.39, 0.29) is 5.69 Å². The van der Waals surface area contributed by atoms with Crippen molar-refractivity contribution in [2.24, 2.45) is 0 Å². The highest BCUT2D eigenvalue weighted by Crippen LogP contribution is 1.97. The van der Waals surface area contributed by atoms with E-state index >= 15 is 0 Å². The van der Waals surface area contributed by atoms with Crippen LogP contribution in [0.3, 0.4) is 0 Å². The van der Waals surface area contributed by atoms with Crippen LogP contribution in [0.5, 0.6) is 0 Å². The minimum absolute atomic E-state index is 0.280. The van der Waals surface area contributed by atoms with E-state index in [9.17, 15) is 8.42 Å². The van der Waals surface area contributed by atoms with Crippen molar-refractivity contribution in [3.63, 3.8) is 0 Å². The third kappa shape index (κ3) is 3.06. The van der Waals surface area contributed by atoms with Gasteiger partial charge in [0.2, 0.25) is 0 Å². The van der Waals surface area contributed by atoms with Gasteiger partial charge in [-0.25, -0.2) is 9.97 Å². The van der Waals surface area contributed by atoms with Crippen LogP contribution in [-0.4, -0.2) is 22.9 Å². The molecule has 0 unspecified atom stereocenters. The van der Waals surface area contributed by atoms with E-state index in [1.807, 2.05) is 0 Å². The summed E-state index contributed by atoms with van der Waals surface area (Å²) in [6, 6.07) is 1.42. The van der Waals surface area contributed by atoms with Gasteiger partial charge in [-0.15, -0.1) is 0 Å². The van der Waals surface area contributed by atoms with E-state index in [1.54, 1.807) is 0 Å². The topological polar surface area (TPSA) is 80.2 Å². The maximum absolute atomic E-state index is 10.3. The molecule has 1 heterocycles. The Morgan fingerprint density at radius 3 is 2.73 bits per heavy atom. The molecule has 0 fully saturated rings. The van der Waals surface area contributed by atoms with Crippen molar-refractivity contribution in [2.75, 3.05) is 0 Å². The Hall–Kier alpha value is -1.01. The highest BCUT2D eigenvalue weighted by Gasteiger charge is 2.06. The van der Waals surface area contributed by atoms with E-state index in [2.05, 4.69) is 9.97 Å². The van der Waals surface area contributed by atoms with Crippen LogP contribution in [-0.2, 0) is 15.9 Å². The minimum atomic E-state index is -3.97. The molecule has 0 amide bonds. The zero-order valence-electron chi connectivity index (χ0n) is 5.51. The van der Waals surface area contributed by atoms with Crippen LogP contribution in [0, 0.1) is 0 Å². The van der Waals surface area contributed by atoms with Gasteiger partial charge in [0.05, 0.1) is 5.69 Å². The first-order chi connectivity index (χ1) is 5.08. The smallest absolute Gasteiger partial charge is 0.270 e. The van der Waals surface area contributed by atoms with Crippen LogP contribution in [0.4, 0.5) is 0 Å². The van der Waals surface area contributed by atoms with Crippen molar-refractivity contribution in [3.05, 3.63) is 24.3 Å². The van der Waals surface area contributed by atoms with E-state index < -0.39 is 15.9 Å². The highest BCUT2D eigenvalue weighted by molar-refractivity contribution is 7.84.